The highest BCUT2D eigenvalue weighted by Gasteiger charge is 2.42. The van der Waals surface area contributed by atoms with Crippen molar-refractivity contribution in [3.8, 4) is 5.75 Å². The molecule has 2 aliphatic rings. The van der Waals surface area contributed by atoms with Crippen LogP contribution in [0.5, 0.6) is 5.75 Å². The molecule has 0 bridgehead atoms. The molecule has 3 heterocycles. The third-order valence-electron chi connectivity index (χ3n) is 9.57. The number of imide groups is 1. The van der Waals surface area contributed by atoms with Gasteiger partial charge in [0.15, 0.2) is 0 Å². The van der Waals surface area contributed by atoms with Gasteiger partial charge in [-0.1, -0.05) is 32.9 Å². The van der Waals surface area contributed by atoms with E-state index in [9.17, 15) is 14.4 Å². The summed E-state index contributed by atoms with van der Waals surface area (Å²) in [6.07, 6.45) is 5.16. The Morgan fingerprint density at radius 3 is 2.35 bits per heavy atom. The highest BCUT2D eigenvalue weighted by Crippen LogP contribution is 2.38. The van der Waals surface area contributed by atoms with Gasteiger partial charge < -0.3 is 30.9 Å². The number of methoxy groups -OCH3 is 1. The van der Waals surface area contributed by atoms with Crippen LogP contribution in [0.15, 0.2) is 42.7 Å². The van der Waals surface area contributed by atoms with Gasteiger partial charge in [-0.2, -0.15) is 0 Å². The summed E-state index contributed by atoms with van der Waals surface area (Å²) in [5, 5.41) is 13.1. The quantitative estimate of drug-likeness (QED) is 0.242. The van der Waals surface area contributed by atoms with Crippen molar-refractivity contribution in [3.63, 3.8) is 0 Å². The summed E-state index contributed by atoms with van der Waals surface area (Å²) in [5.41, 5.74) is 2.30. The van der Waals surface area contributed by atoms with E-state index in [0.717, 1.165) is 38.0 Å². The molecule has 1 aromatic heterocycles. The van der Waals surface area contributed by atoms with Crippen molar-refractivity contribution in [2.45, 2.75) is 77.4 Å². The summed E-state index contributed by atoms with van der Waals surface area (Å²) >= 11 is 0. The number of aromatic nitrogens is 2. The van der Waals surface area contributed by atoms with Crippen LogP contribution in [-0.2, 0) is 14.4 Å². The lowest BCUT2D eigenvalue weighted by atomic mass is 9.85. The van der Waals surface area contributed by atoms with Crippen LogP contribution in [0.1, 0.15) is 64.9 Å². The van der Waals surface area contributed by atoms with Crippen LogP contribution in [0.25, 0.3) is 10.9 Å². The number of likely N-dealkylation sites (N-methyl/N-ethyl adjacent to an activating group) is 1. The van der Waals surface area contributed by atoms with Crippen LogP contribution in [0.4, 0.5) is 17.2 Å². The first-order valence-corrected chi connectivity index (χ1v) is 16.9. The Labute approximate surface area is 295 Å². The molecule has 0 saturated carbocycles. The van der Waals surface area contributed by atoms with Gasteiger partial charge in [-0.05, 0) is 101 Å². The Bertz CT molecular complexity index is 1620. The molecular weight excluding hydrogens is 644 g/mol. The molecule has 2 saturated heterocycles. The number of hydrogen-bond donors (Lipinski definition) is 4. The van der Waals surface area contributed by atoms with E-state index in [1.165, 1.54) is 23.9 Å². The molecule has 3 aromatic rings. The number of anilines is 3. The normalized spacial score (nSPS) is 18.3. The molecule has 5 rings (SSSR count). The van der Waals surface area contributed by atoms with Gasteiger partial charge >= 0.3 is 0 Å². The molecule has 13 heteroatoms. The second-order valence-electron chi connectivity index (χ2n) is 14.1. The van der Waals surface area contributed by atoms with Crippen LogP contribution in [0, 0.1) is 5.41 Å². The molecule has 3 amide bonds. The third-order valence-corrected chi connectivity index (χ3v) is 9.57. The van der Waals surface area contributed by atoms with E-state index in [1.807, 2.05) is 20.8 Å². The van der Waals surface area contributed by atoms with E-state index in [4.69, 9.17) is 4.74 Å². The number of ether oxygens (including phenoxy) is 1. The number of amides is 3. The van der Waals surface area contributed by atoms with E-state index in [1.54, 1.807) is 26.1 Å². The smallest absolute Gasteiger partial charge is 0.257 e. The molecule has 3 atom stereocenters. The zero-order valence-corrected chi connectivity index (χ0v) is 30.4. The fourth-order valence-electron chi connectivity index (χ4n) is 6.40. The molecule has 266 valence electrons. The Morgan fingerprint density at radius 1 is 1.06 bits per heavy atom. The predicted molar refractivity (Wildman–Crippen MR) is 196 cm³/mol. The molecule has 0 spiro atoms. The van der Waals surface area contributed by atoms with Gasteiger partial charge in [-0.3, -0.25) is 14.4 Å². The maximum Gasteiger partial charge on any atom is 0.257 e. The van der Waals surface area contributed by atoms with Crippen LogP contribution < -0.4 is 30.9 Å². The zero-order valence-electron chi connectivity index (χ0n) is 29.6. The van der Waals surface area contributed by atoms with Crippen molar-refractivity contribution < 1.29 is 19.1 Å². The molecular formula is C36H51ClN8O4. The average molecular weight is 695 g/mol. The summed E-state index contributed by atoms with van der Waals surface area (Å²) in [4.78, 5) is 54.5. The molecule has 2 aromatic carbocycles. The van der Waals surface area contributed by atoms with Crippen molar-refractivity contribution in [2.24, 2.45) is 5.41 Å². The zero-order chi connectivity index (χ0) is 34.6. The van der Waals surface area contributed by atoms with Crippen LogP contribution in [0.2, 0.25) is 0 Å². The fourth-order valence-corrected chi connectivity index (χ4v) is 6.40. The van der Waals surface area contributed by atoms with Gasteiger partial charge in [-0.15, -0.1) is 12.4 Å². The molecule has 0 unspecified atom stereocenters. The molecule has 2 aliphatic heterocycles. The Balaban J connectivity index is 0.00000541. The maximum absolute atomic E-state index is 14.6. The van der Waals surface area contributed by atoms with Crippen LogP contribution in [0.3, 0.4) is 0 Å². The SMILES string of the molecule is CN[C@@H](C)C(=O)N[C@H](C(=O)N(C(=O)[C@@H]1CCCN1)c1cc2c(Nc3ccc(C4CCN(C)CC4)cc3)ncnc2cc1OC)C(C)(C)C.Cl. The van der Waals surface area contributed by atoms with Crippen molar-refractivity contribution in [3.05, 3.63) is 48.3 Å². The topological polar surface area (TPSA) is 141 Å². The summed E-state index contributed by atoms with van der Waals surface area (Å²) in [6.45, 7) is 10.2. The maximum atomic E-state index is 14.6. The molecule has 0 radical (unpaired) electrons. The van der Waals surface area contributed by atoms with Crippen molar-refractivity contribution >= 4 is 58.2 Å². The van der Waals surface area contributed by atoms with Crippen molar-refractivity contribution in [2.75, 3.05) is 51.1 Å². The van der Waals surface area contributed by atoms with Crippen LogP contribution >= 0.6 is 12.4 Å². The van der Waals surface area contributed by atoms with E-state index >= 15 is 0 Å². The van der Waals surface area contributed by atoms with E-state index in [2.05, 4.69) is 67.4 Å². The number of halogens is 1. The van der Waals surface area contributed by atoms with Gasteiger partial charge in [0.25, 0.3) is 11.8 Å². The predicted octanol–water partition coefficient (Wildman–Crippen LogP) is 4.36. The Hall–Kier alpha value is -3.84. The second kappa shape index (κ2) is 16.2. The van der Waals surface area contributed by atoms with E-state index in [-0.39, 0.29) is 24.0 Å². The molecule has 0 aliphatic carbocycles. The number of likely N-dealkylation sites (tertiary alicyclic amines) is 1. The Morgan fingerprint density at radius 2 is 1.76 bits per heavy atom. The number of benzene rings is 2. The first-order valence-electron chi connectivity index (χ1n) is 16.9. The summed E-state index contributed by atoms with van der Waals surface area (Å²) in [7, 11) is 5.34. The number of nitrogens with zero attached hydrogens (tertiary/aromatic N) is 4. The highest BCUT2D eigenvalue weighted by molar-refractivity contribution is 6.20. The number of hydrogen-bond acceptors (Lipinski definition) is 10. The number of carbonyl (C=O) groups is 3. The van der Waals surface area contributed by atoms with E-state index < -0.39 is 35.4 Å². The fraction of sp³-hybridized carbons (Fsp3) is 0.528. The summed E-state index contributed by atoms with van der Waals surface area (Å²) in [5.74, 6) is 0.0748. The largest absolute Gasteiger partial charge is 0.494 e. The van der Waals surface area contributed by atoms with Crippen molar-refractivity contribution in [1.29, 1.82) is 0 Å². The number of piperidine rings is 1. The monoisotopic (exact) mass is 694 g/mol. The minimum Gasteiger partial charge on any atom is -0.494 e. The highest BCUT2D eigenvalue weighted by atomic mass is 35.5. The molecule has 2 fully saturated rings. The van der Waals surface area contributed by atoms with Gasteiger partial charge in [0.05, 0.1) is 30.4 Å². The lowest BCUT2D eigenvalue weighted by molar-refractivity contribution is -0.134. The summed E-state index contributed by atoms with van der Waals surface area (Å²) < 4.78 is 5.79. The van der Waals surface area contributed by atoms with Crippen molar-refractivity contribution in [1.82, 2.24) is 30.8 Å². The molecule has 12 nitrogen and oxygen atoms in total. The van der Waals surface area contributed by atoms with Gasteiger partial charge in [0.1, 0.15) is 23.9 Å². The minimum absolute atomic E-state index is 0. The molecule has 49 heavy (non-hydrogen) atoms. The number of rotatable bonds is 10. The second-order valence-corrected chi connectivity index (χ2v) is 14.1. The summed E-state index contributed by atoms with van der Waals surface area (Å²) in [6, 6.07) is 9.77. The first-order chi connectivity index (χ1) is 22.9. The first kappa shape index (κ1) is 38.0. The number of fused-ring (bicyclic) bond motifs is 1. The standard InChI is InChI=1S/C36H50N8O4.ClH/c1-22(37-5)33(45)42-31(36(2,3)4)35(47)44(34(46)27-9-8-16-38-27)29-19-26-28(20-30(29)48-7)39-21-40-32(26)41-25-12-10-23(11-13-25)24-14-17-43(6)18-15-24;/h10-13,19-22,24,27,31,37-38H,8-9,14-18H2,1-7H3,(H,42,45)(H,39,40,41);1H/t22-,27-,31+;/m0./s1. The lowest BCUT2D eigenvalue weighted by Crippen LogP contribution is -2.60. The lowest BCUT2D eigenvalue weighted by Gasteiger charge is -2.36. The van der Waals surface area contributed by atoms with Gasteiger partial charge in [0, 0.05) is 17.1 Å². The number of carbonyl (C=O) groups excluding carboxylic acids is 3. The van der Waals surface area contributed by atoms with Crippen LogP contribution in [-0.4, -0.2) is 91.6 Å². The minimum atomic E-state index is -1.01. The third kappa shape index (κ3) is 8.67. The van der Waals surface area contributed by atoms with Gasteiger partial charge in [0.2, 0.25) is 5.91 Å². The Kier molecular flexibility index (Phi) is 12.6. The van der Waals surface area contributed by atoms with E-state index in [0.29, 0.717) is 41.4 Å². The van der Waals surface area contributed by atoms with Gasteiger partial charge in [-0.25, -0.2) is 14.9 Å². The average Bonchev–Trinajstić information content (AvgIpc) is 3.62. The molecule has 4 N–H and O–H groups in total. The number of nitrogens with one attached hydrogen (secondary N) is 4.